The van der Waals surface area contributed by atoms with E-state index in [0.717, 1.165) is 0 Å². The summed E-state index contributed by atoms with van der Waals surface area (Å²) in [6.07, 6.45) is -1.50. The van der Waals surface area contributed by atoms with Crippen molar-refractivity contribution in [2.45, 2.75) is 12.3 Å². The van der Waals surface area contributed by atoms with Crippen molar-refractivity contribution >= 4 is 18.1 Å². The van der Waals surface area contributed by atoms with Crippen LogP contribution in [0, 0.1) is 0 Å². The molecule has 1 heterocycles. The number of carbonyl (C=O) groups is 3. The number of hydrogen-bond acceptors (Lipinski definition) is 3. The minimum absolute atomic E-state index is 0.363. The maximum atomic E-state index is 11.6. The standard InChI is InChI=1S/C7H14N6O3/c1-12-3(10-5(8)14)4(11-6(9)15)13(2)7(12)16/h3-4H,1-2H3,(H3,8,10,14)(H3,9,11,15)/t3-,4-/m1/s1. The number of rotatable bonds is 2. The number of amides is 6. The molecule has 1 rings (SSSR count). The zero-order valence-electron chi connectivity index (χ0n) is 8.93. The third-order valence-electron chi connectivity index (χ3n) is 2.32. The summed E-state index contributed by atoms with van der Waals surface area (Å²) in [5.41, 5.74) is 9.94. The van der Waals surface area contributed by atoms with Crippen LogP contribution in [0.15, 0.2) is 0 Å². The first kappa shape index (κ1) is 11.9. The number of nitrogens with zero attached hydrogens (tertiary/aromatic N) is 2. The number of nitrogens with two attached hydrogens (primary N) is 2. The molecule has 0 spiro atoms. The van der Waals surface area contributed by atoms with E-state index in [9.17, 15) is 14.4 Å². The van der Waals surface area contributed by atoms with Crippen LogP contribution < -0.4 is 22.1 Å². The van der Waals surface area contributed by atoms with Gasteiger partial charge in [-0.2, -0.15) is 0 Å². The van der Waals surface area contributed by atoms with Gasteiger partial charge in [0.05, 0.1) is 0 Å². The van der Waals surface area contributed by atoms with Gasteiger partial charge in [0.1, 0.15) is 12.3 Å². The van der Waals surface area contributed by atoms with E-state index in [1.807, 2.05) is 0 Å². The lowest BCUT2D eigenvalue weighted by Crippen LogP contribution is -2.58. The number of hydrogen-bond donors (Lipinski definition) is 4. The molecular formula is C7H14N6O3. The highest BCUT2D eigenvalue weighted by Gasteiger charge is 2.43. The molecule has 16 heavy (non-hydrogen) atoms. The van der Waals surface area contributed by atoms with Crippen LogP contribution in [0.3, 0.4) is 0 Å². The molecule has 1 aliphatic rings. The molecule has 0 aromatic heterocycles. The third-order valence-corrected chi connectivity index (χ3v) is 2.32. The Kier molecular flexibility index (Phi) is 3.06. The Balaban J connectivity index is 2.87. The molecular weight excluding hydrogens is 216 g/mol. The maximum absolute atomic E-state index is 11.6. The number of primary amides is 2. The second-order valence-electron chi connectivity index (χ2n) is 3.41. The largest absolute Gasteiger partial charge is 0.352 e. The summed E-state index contributed by atoms with van der Waals surface area (Å²) in [5.74, 6) is 0. The lowest BCUT2D eigenvalue weighted by atomic mass is 10.3. The van der Waals surface area contributed by atoms with Gasteiger partial charge >= 0.3 is 18.1 Å². The number of likely N-dealkylation sites (N-methyl/N-ethyl adjacent to an activating group) is 2. The van der Waals surface area contributed by atoms with Crippen molar-refractivity contribution < 1.29 is 14.4 Å². The Morgan fingerprint density at radius 3 is 1.62 bits per heavy atom. The lowest BCUT2D eigenvalue weighted by molar-refractivity contribution is 0.197. The zero-order chi connectivity index (χ0) is 12.5. The van der Waals surface area contributed by atoms with Gasteiger partial charge in [0.25, 0.3) is 0 Å². The van der Waals surface area contributed by atoms with Crippen molar-refractivity contribution in [3.63, 3.8) is 0 Å². The molecule has 6 amide bonds. The van der Waals surface area contributed by atoms with Crippen LogP contribution in [0.25, 0.3) is 0 Å². The summed E-state index contributed by atoms with van der Waals surface area (Å²) in [4.78, 5) is 35.6. The first-order valence-electron chi connectivity index (χ1n) is 4.46. The predicted octanol–water partition coefficient (Wildman–Crippen LogP) is -2.03. The molecule has 0 aliphatic carbocycles. The van der Waals surface area contributed by atoms with E-state index in [-0.39, 0.29) is 6.03 Å². The topological polar surface area (TPSA) is 134 Å². The highest BCUT2D eigenvalue weighted by Crippen LogP contribution is 2.15. The zero-order valence-corrected chi connectivity index (χ0v) is 8.93. The fraction of sp³-hybridized carbons (Fsp3) is 0.571. The molecule has 9 nitrogen and oxygen atoms in total. The van der Waals surface area contributed by atoms with Crippen molar-refractivity contribution in [3.8, 4) is 0 Å². The van der Waals surface area contributed by atoms with Gasteiger partial charge in [-0.05, 0) is 0 Å². The first-order valence-corrected chi connectivity index (χ1v) is 4.46. The molecule has 0 aromatic carbocycles. The van der Waals surface area contributed by atoms with E-state index in [0.29, 0.717) is 0 Å². The summed E-state index contributed by atoms with van der Waals surface area (Å²) in [6, 6.07) is -1.95. The second kappa shape index (κ2) is 4.13. The quantitative estimate of drug-likeness (QED) is 0.436. The number of carbonyl (C=O) groups excluding carboxylic acids is 3. The Labute approximate surface area is 91.7 Å². The van der Waals surface area contributed by atoms with Gasteiger partial charge in [-0.3, -0.25) is 0 Å². The molecule has 1 saturated heterocycles. The van der Waals surface area contributed by atoms with Crippen molar-refractivity contribution in [1.82, 2.24) is 20.4 Å². The van der Waals surface area contributed by atoms with Gasteiger partial charge in [-0.15, -0.1) is 0 Å². The predicted molar refractivity (Wildman–Crippen MR) is 53.9 cm³/mol. The van der Waals surface area contributed by atoms with E-state index in [2.05, 4.69) is 10.6 Å². The Bertz CT molecular complexity index is 302. The second-order valence-corrected chi connectivity index (χ2v) is 3.41. The molecule has 1 fully saturated rings. The molecule has 2 atom stereocenters. The summed E-state index contributed by atoms with van der Waals surface area (Å²) in [7, 11) is 2.95. The average Bonchev–Trinajstić information content (AvgIpc) is 2.34. The van der Waals surface area contributed by atoms with Crippen molar-refractivity contribution in [1.29, 1.82) is 0 Å². The van der Waals surface area contributed by atoms with E-state index in [1.54, 1.807) is 0 Å². The third kappa shape index (κ3) is 2.07. The van der Waals surface area contributed by atoms with Gasteiger partial charge in [0.2, 0.25) is 0 Å². The lowest BCUT2D eigenvalue weighted by Gasteiger charge is -2.25. The summed E-state index contributed by atoms with van der Waals surface area (Å²) >= 11 is 0. The van der Waals surface area contributed by atoms with Crippen LogP contribution in [-0.2, 0) is 0 Å². The van der Waals surface area contributed by atoms with Gasteiger partial charge in [-0.25, -0.2) is 14.4 Å². The molecule has 0 radical (unpaired) electrons. The monoisotopic (exact) mass is 230 g/mol. The minimum Gasteiger partial charge on any atom is -0.352 e. The highest BCUT2D eigenvalue weighted by atomic mass is 16.2. The summed E-state index contributed by atoms with van der Waals surface area (Å²) < 4.78 is 0. The Hall–Kier alpha value is -2.19. The fourth-order valence-electron chi connectivity index (χ4n) is 1.55. The molecule has 9 heteroatoms. The number of urea groups is 3. The van der Waals surface area contributed by atoms with Crippen molar-refractivity contribution in [2.24, 2.45) is 11.5 Å². The van der Waals surface area contributed by atoms with Gasteiger partial charge in [0, 0.05) is 14.1 Å². The Morgan fingerprint density at radius 1 is 1.06 bits per heavy atom. The minimum atomic E-state index is -0.795. The Morgan fingerprint density at radius 2 is 1.38 bits per heavy atom. The van der Waals surface area contributed by atoms with E-state index < -0.39 is 24.4 Å². The maximum Gasteiger partial charge on any atom is 0.323 e. The highest BCUT2D eigenvalue weighted by molar-refractivity contribution is 5.81. The van der Waals surface area contributed by atoms with Crippen molar-refractivity contribution in [3.05, 3.63) is 0 Å². The fourth-order valence-corrected chi connectivity index (χ4v) is 1.55. The number of nitrogens with one attached hydrogen (secondary N) is 2. The summed E-state index contributed by atoms with van der Waals surface area (Å²) in [5, 5.41) is 4.68. The molecule has 0 saturated carbocycles. The molecule has 0 aromatic rings. The van der Waals surface area contributed by atoms with Crippen LogP contribution in [0.5, 0.6) is 0 Å². The van der Waals surface area contributed by atoms with Crippen LogP contribution in [0.4, 0.5) is 14.4 Å². The first-order chi connectivity index (χ1) is 7.34. The average molecular weight is 230 g/mol. The van der Waals surface area contributed by atoms with E-state index in [4.69, 9.17) is 11.5 Å². The van der Waals surface area contributed by atoms with Crippen molar-refractivity contribution in [2.75, 3.05) is 14.1 Å². The summed E-state index contributed by atoms with van der Waals surface area (Å²) in [6.45, 7) is 0. The van der Waals surface area contributed by atoms with Crippen LogP contribution in [0.1, 0.15) is 0 Å². The van der Waals surface area contributed by atoms with Crippen LogP contribution in [0.2, 0.25) is 0 Å². The molecule has 0 unspecified atom stereocenters. The molecule has 0 bridgehead atoms. The smallest absolute Gasteiger partial charge is 0.323 e. The van der Waals surface area contributed by atoms with Crippen LogP contribution in [-0.4, -0.2) is 54.3 Å². The van der Waals surface area contributed by atoms with Gasteiger partial charge in [-0.1, -0.05) is 0 Å². The molecule has 90 valence electrons. The normalized spacial score (nSPS) is 24.5. The van der Waals surface area contributed by atoms with Crippen LogP contribution >= 0.6 is 0 Å². The SMILES string of the molecule is CN1C(=O)N(C)[C@@H](NC(N)=O)[C@@H]1NC(N)=O. The van der Waals surface area contributed by atoms with E-state index >= 15 is 0 Å². The van der Waals surface area contributed by atoms with E-state index in [1.165, 1.54) is 23.9 Å². The van der Waals surface area contributed by atoms with Gasteiger partial charge in [0.15, 0.2) is 0 Å². The van der Waals surface area contributed by atoms with Gasteiger partial charge < -0.3 is 31.9 Å². The molecule has 6 N–H and O–H groups in total. The molecule has 1 aliphatic heterocycles.